The van der Waals surface area contributed by atoms with Gasteiger partial charge < -0.3 is 19.5 Å². The number of carbonyl (C=O) groups excluding carboxylic acids is 3. The van der Waals surface area contributed by atoms with Gasteiger partial charge in [0.05, 0.1) is 39.6 Å². The predicted molar refractivity (Wildman–Crippen MR) is 95.5 cm³/mol. The summed E-state index contributed by atoms with van der Waals surface area (Å²) < 4.78 is 15.0. The summed E-state index contributed by atoms with van der Waals surface area (Å²) in [4.78, 5) is 36.9. The maximum absolute atomic E-state index is 12.3. The second kappa shape index (κ2) is 10.9. The monoisotopic (exact) mass is 367 g/mol. The number of rotatable bonds is 9. The predicted octanol–water partition coefficient (Wildman–Crippen LogP) is 1.24. The lowest BCUT2D eigenvalue weighted by atomic mass is 10.2. The van der Waals surface area contributed by atoms with Crippen LogP contribution in [-0.4, -0.2) is 63.3 Å². The van der Waals surface area contributed by atoms with Crippen LogP contribution in [0.1, 0.15) is 13.8 Å². The van der Waals surface area contributed by atoms with Crippen molar-refractivity contribution in [2.75, 3.05) is 45.8 Å². The number of anilines is 1. The topological polar surface area (TPSA) is 106 Å². The van der Waals surface area contributed by atoms with Crippen molar-refractivity contribution < 1.29 is 28.6 Å². The maximum Gasteiger partial charge on any atom is 0.413 e. The van der Waals surface area contributed by atoms with E-state index in [-0.39, 0.29) is 25.6 Å². The van der Waals surface area contributed by atoms with Gasteiger partial charge in [-0.3, -0.25) is 19.8 Å². The number of likely N-dealkylation sites (N-methyl/N-ethyl adjacent to an activating group) is 1. The first-order valence-electron chi connectivity index (χ1n) is 8.14. The smallest absolute Gasteiger partial charge is 0.413 e. The molecule has 1 aromatic rings. The molecule has 144 valence electrons. The zero-order valence-corrected chi connectivity index (χ0v) is 15.5. The number of benzene rings is 1. The average molecular weight is 367 g/mol. The number of hydrogen-bond acceptors (Lipinski definition) is 7. The Hall–Kier alpha value is -2.81. The molecule has 0 aliphatic carbocycles. The van der Waals surface area contributed by atoms with Crippen molar-refractivity contribution in [3.05, 3.63) is 18.2 Å². The molecule has 0 aliphatic heterocycles. The summed E-state index contributed by atoms with van der Waals surface area (Å²) in [6.07, 6.45) is -0.806. The molecule has 9 heteroatoms. The number of imide groups is 1. The molecular weight excluding hydrogens is 342 g/mol. The van der Waals surface area contributed by atoms with Gasteiger partial charge in [0.1, 0.15) is 11.5 Å². The van der Waals surface area contributed by atoms with E-state index in [1.807, 2.05) is 0 Å². The van der Waals surface area contributed by atoms with Crippen molar-refractivity contribution in [2.24, 2.45) is 0 Å². The molecule has 0 fully saturated rings. The molecule has 0 aliphatic rings. The Labute approximate surface area is 152 Å². The van der Waals surface area contributed by atoms with Crippen molar-refractivity contribution in [3.63, 3.8) is 0 Å². The molecule has 0 aromatic heterocycles. The Morgan fingerprint density at radius 2 is 1.73 bits per heavy atom. The van der Waals surface area contributed by atoms with Crippen LogP contribution in [0.25, 0.3) is 0 Å². The van der Waals surface area contributed by atoms with Crippen molar-refractivity contribution in [2.45, 2.75) is 13.8 Å². The van der Waals surface area contributed by atoms with Crippen molar-refractivity contribution >= 4 is 23.6 Å². The Morgan fingerprint density at radius 3 is 2.31 bits per heavy atom. The van der Waals surface area contributed by atoms with Crippen LogP contribution in [0.5, 0.6) is 11.5 Å². The SMILES string of the molecule is CCOC(=O)NC(=O)CN(CC)CC(=O)Nc1cc(OC)ccc1OC. The number of carbonyl (C=O) groups is 3. The Bertz CT molecular complexity index is 635. The first kappa shape index (κ1) is 21.2. The minimum atomic E-state index is -0.806. The zero-order chi connectivity index (χ0) is 19.5. The van der Waals surface area contributed by atoms with Gasteiger partial charge in [0.15, 0.2) is 0 Å². The van der Waals surface area contributed by atoms with Crippen LogP contribution in [0.15, 0.2) is 18.2 Å². The second-order valence-corrected chi connectivity index (χ2v) is 5.19. The zero-order valence-electron chi connectivity index (χ0n) is 15.5. The summed E-state index contributed by atoms with van der Waals surface area (Å²) in [5.74, 6) is 0.184. The third-order valence-electron chi connectivity index (χ3n) is 3.38. The molecule has 1 aromatic carbocycles. The second-order valence-electron chi connectivity index (χ2n) is 5.19. The summed E-state index contributed by atoms with van der Waals surface area (Å²) >= 11 is 0. The molecule has 0 radical (unpaired) electrons. The molecule has 9 nitrogen and oxygen atoms in total. The molecule has 3 amide bonds. The van der Waals surface area contributed by atoms with E-state index in [9.17, 15) is 14.4 Å². The van der Waals surface area contributed by atoms with Crippen molar-refractivity contribution in [1.82, 2.24) is 10.2 Å². The molecule has 0 spiro atoms. The summed E-state index contributed by atoms with van der Waals surface area (Å²) in [5.41, 5.74) is 0.462. The van der Waals surface area contributed by atoms with Gasteiger partial charge in [0.25, 0.3) is 0 Å². The van der Waals surface area contributed by atoms with Crippen LogP contribution in [0.2, 0.25) is 0 Å². The van der Waals surface area contributed by atoms with Crippen molar-refractivity contribution in [1.29, 1.82) is 0 Å². The fourth-order valence-electron chi connectivity index (χ4n) is 2.11. The lowest BCUT2D eigenvalue weighted by Gasteiger charge is -2.19. The normalized spacial score (nSPS) is 10.2. The maximum atomic E-state index is 12.3. The molecule has 0 heterocycles. The van der Waals surface area contributed by atoms with Gasteiger partial charge in [0, 0.05) is 6.07 Å². The average Bonchev–Trinajstić information content (AvgIpc) is 2.60. The lowest BCUT2D eigenvalue weighted by molar-refractivity contribution is -0.122. The Balaban J connectivity index is 2.64. The highest BCUT2D eigenvalue weighted by atomic mass is 16.5. The van der Waals surface area contributed by atoms with Crippen LogP contribution >= 0.6 is 0 Å². The standard InChI is InChI=1S/C17H25N3O6/c1-5-20(11-16(22)19-17(23)26-6-2)10-15(21)18-13-9-12(24-3)7-8-14(13)25-4/h7-9H,5-6,10-11H2,1-4H3,(H,18,21)(H,19,22,23). The molecule has 0 saturated carbocycles. The van der Waals surface area contributed by atoms with E-state index < -0.39 is 12.0 Å². The van der Waals surface area contributed by atoms with Crippen LogP contribution in [0.4, 0.5) is 10.5 Å². The number of alkyl carbamates (subject to hydrolysis) is 1. The largest absolute Gasteiger partial charge is 0.497 e. The molecule has 2 N–H and O–H groups in total. The van der Waals surface area contributed by atoms with Gasteiger partial charge in [-0.1, -0.05) is 6.92 Å². The fraction of sp³-hybridized carbons (Fsp3) is 0.471. The third kappa shape index (κ3) is 6.98. The van der Waals surface area contributed by atoms with Gasteiger partial charge in [-0.2, -0.15) is 0 Å². The summed E-state index contributed by atoms with van der Waals surface area (Å²) in [7, 11) is 3.02. The van der Waals surface area contributed by atoms with E-state index in [0.717, 1.165) is 0 Å². The Kier molecular flexibility index (Phi) is 8.93. The summed E-state index contributed by atoms with van der Waals surface area (Å²) in [6.45, 7) is 3.90. The van der Waals surface area contributed by atoms with Gasteiger partial charge in [0.2, 0.25) is 11.8 Å². The molecule has 26 heavy (non-hydrogen) atoms. The fourth-order valence-corrected chi connectivity index (χ4v) is 2.11. The van der Waals surface area contributed by atoms with Gasteiger partial charge in [-0.05, 0) is 25.6 Å². The number of methoxy groups -OCH3 is 2. The van der Waals surface area contributed by atoms with E-state index in [1.54, 1.807) is 36.9 Å². The summed E-state index contributed by atoms with van der Waals surface area (Å²) in [6, 6.07) is 5.03. The highest BCUT2D eigenvalue weighted by Gasteiger charge is 2.16. The number of amides is 3. The molecule has 1 rings (SSSR count). The van der Waals surface area contributed by atoms with Gasteiger partial charge in [-0.25, -0.2) is 4.79 Å². The number of hydrogen-bond donors (Lipinski definition) is 2. The van der Waals surface area contributed by atoms with Crippen LogP contribution in [-0.2, 0) is 14.3 Å². The van der Waals surface area contributed by atoms with Crippen LogP contribution < -0.4 is 20.1 Å². The van der Waals surface area contributed by atoms with Gasteiger partial charge in [-0.15, -0.1) is 0 Å². The molecule has 0 atom stereocenters. The minimum Gasteiger partial charge on any atom is -0.497 e. The lowest BCUT2D eigenvalue weighted by Crippen LogP contribution is -2.43. The van der Waals surface area contributed by atoms with E-state index in [4.69, 9.17) is 9.47 Å². The highest BCUT2D eigenvalue weighted by Crippen LogP contribution is 2.28. The van der Waals surface area contributed by atoms with Crippen LogP contribution in [0.3, 0.4) is 0 Å². The quantitative estimate of drug-likeness (QED) is 0.676. The summed E-state index contributed by atoms with van der Waals surface area (Å²) in [5, 5.41) is 4.82. The molecule has 0 bridgehead atoms. The van der Waals surface area contributed by atoms with Crippen molar-refractivity contribution in [3.8, 4) is 11.5 Å². The Morgan fingerprint density at radius 1 is 1.04 bits per heavy atom. The first-order valence-corrected chi connectivity index (χ1v) is 8.14. The van der Waals surface area contributed by atoms with E-state index >= 15 is 0 Å². The van der Waals surface area contributed by atoms with Gasteiger partial charge >= 0.3 is 6.09 Å². The number of ether oxygens (including phenoxy) is 3. The number of nitrogens with one attached hydrogen (secondary N) is 2. The highest BCUT2D eigenvalue weighted by molar-refractivity contribution is 5.95. The van der Waals surface area contributed by atoms with Crippen LogP contribution in [0, 0.1) is 0 Å². The van der Waals surface area contributed by atoms with E-state index in [1.165, 1.54) is 14.2 Å². The first-order chi connectivity index (χ1) is 12.4. The third-order valence-corrected chi connectivity index (χ3v) is 3.38. The van der Waals surface area contributed by atoms with E-state index in [0.29, 0.717) is 23.7 Å². The molecular formula is C17H25N3O6. The number of nitrogens with zero attached hydrogens (tertiary/aromatic N) is 1. The minimum absolute atomic E-state index is 0.0346. The van der Waals surface area contributed by atoms with E-state index in [2.05, 4.69) is 15.4 Å². The molecule has 0 unspecified atom stereocenters. The molecule has 0 saturated heterocycles.